The third-order valence-corrected chi connectivity index (χ3v) is 4.06. The number of aromatic nitrogens is 1. The highest BCUT2D eigenvalue weighted by Crippen LogP contribution is 2.23. The Hall–Kier alpha value is -2.42. The van der Waals surface area contributed by atoms with Gasteiger partial charge in [-0.2, -0.15) is 5.26 Å². The second-order valence-electron chi connectivity index (χ2n) is 5.47. The Balaban J connectivity index is 1.77. The Morgan fingerprint density at radius 3 is 2.70 bits per heavy atom. The molecule has 2 aromatic rings. The van der Waals surface area contributed by atoms with Gasteiger partial charge in [0.2, 0.25) is 0 Å². The zero-order valence-corrected chi connectivity index (χ0v) is 13.0. The Morgan fingerprint density at radius 1 is 1.17 bits per heavy atom. The van der Waals surface area contributed by atoms with Crippen LogP contribution in [0.5, 0.6) is 0 Å². The number of pyridine rings is 1. The molecule has 1 aromatic carbocycles. The lowest BCUT2D eigenvalue weighted by Gasteiger charge is -2.35. The Morgan fingerprint density at radius 2 is 1.96 bits per heavy atom. The van der Waals surface area contributed by atoms with Gasteiger partial charge in [0.15, 0.2) is 0 Å². The predicted octanol–water partition coefficient (Wildman–Crippen LogP) is 2.44. The van der Waals surface area contributed by atoms with Crippen molar-refractivity contribution in [3.8, 4) is 6.07 Å². The first-order valence-electron chi connectivity index (χ1n) is 7.84. The number of anilines is 1. The Labute approximate surface area is 136 Å². The van der Waals surface area contributed by atoms with Crippen LogP contribution in [0.3, 0.4) is 0 Å². The van der Waals surface area contributed by atoms with Crippen LogP contribution in [0.15, 0.2) is 48.7 Å². The number of rotatable bonds is 5. The predicted molar refractivity (Wildman–Crippen MR) is 89.0 cm³/mol. The zero-order valence-electron chi connectivity index (χ0n) is 13.0. The van der Waals surface area contributed by atoms with Crippen LogP contribution in [0.4, 0.5) is 5.82 Å². The fraction of sp³-hybridized carbons (Fsp3) is 0.333. The van der Waals surface area contributed by atoms with Crippen LogP contribution in [0.1, 0.15) is 17.2 Å². The van der Waals surface area contributed by atoms with Crippen LogP contribution in [0, 0.1) is 11.3 Å². The van der Waals surface area contributed by atoms with E-state index < -0.39 is 0 Å². The van der Waals surface area contributed by atoms with Gasteiger partial charge in [-0.3, -0.25) is 4.90 Å². The van der Waals surface area contributed by atoms with E-state index in [9.17, 15) is 5.26 Å². The summed E-state index contributed by atoms with van der Waals surface area (Å²) in [6.45, 7) is 4.05. The van der Waals surface area contributed by atoms with Gasteiger partial charge in [-0.1, -0.05) is 30.3 Å². The molecule has 2 heterocycles. The van der Waals surface area contributed by atoms with E-state index in [0.29, 0.717) is 17.9 Å². The maximum atomic E-state index is 9.19. The fourth-order valence-electron chi connectivity index (χ4n) is 2.85. The number of ether oxygens (including phenoxy) is 1. The minimum absolute atomic E-state index is 0.230. The molecule has 0 radical (unpaired) electrons. The maximum Gasteiger partial charge on any atom is 0.143 e. The van der Waals surface area contributed by atoms with Crippen molar-refractivity contribution in [2.24, 2.45) is 0 Å². The van der Waals surface area contributed by atoms with Crippen LogP contribution >= 0.6 is 0 Å². The van der Waals surface area contributed by atoms with Crippen molar-refractivity contribution in [2.75, 3.05) is 38.2 Å². The van der Waals surface area contributed by atoms with E-state index in [1.807, 2.05) is 6.07 Å². The van der Waals surface area contributed by atoms with Gasteiger partial charge in [0.05, 0.1) is 24.8 Å². The first-order valence-corrected chi connectivity index (χ1v) is 7.84. The van der Waals surface area contributed by atoms with Crippen molar-refractivity contribution in [1.82, 2.24) is 9.88 Å². The van der Waals surface area contributed by atoms with E-state index in [-0.39, 0.29) is 6.04 Å². The summed E-state index contributed by atoms with van der Waals surface area (Å²) in [6, 6.07) is 16.4. The molecule has 1 N–H and O–H groups in total. The lowest BCUT2D eigenvalue weighted by atomic mass is 10.0. The molecule has 1 aliphatic heterocycles. The number of nitriles is 1. The molecule has 0 bridgehead atoms. The first-order chi connectivity index (χ1) is 11.4. The number of hydrogen-bond donors (Lipinski definition) is 1. The molecule has 1 fully saturated rings. The number of hydrogen-bond acceptors (Lipinski definition) is 5. The van der Waals surface area contributed by atoms with Gasteiger partial charge in [-0.15, -0.1) is 0 Å². The van der Waals surface area contributed by atoms with Gasteiger partial charge in [-0.05, 0) is 17.7 Å². The van der Waals surface area contributed by atoms with E-state index in [4.69, 9.17) is 4.74 Å². The summed E-state index contributed by atoms with van der Waals surface area (Å²) in [5.41, 5.74) is 1.83. The molecule has 1 aromatic heterocycles. The van der Waals surface area contributed by atoms with Crippen LogP contribution in [0.2, 0.25) is 0 Å². The van der Waals surface area contributed by atoms with Gasteiger partial charge < -0.3 is 10.1 Å². The van der Waals surface area contributed by atoms with Crippen LogP contribution in [-0.4, -0.2) is 42.7 Å². The highest BCUT2D eigenvalue weighted by Gasteiger charge is 2.22. The zero-order chi connectivity index (χ0) is 15.9. The highest BCUT2D eigenvalue weighted by atomic mass is 16.5. The molecule has 0 unspecified atom stereocenters. The lowest BCUT2D eigenvalue weighted by molar-refractivity contribution is 0.0187. The van der Waals surface area contributed by atoms with Crippen molar-refractivity contribution >= 4 is 5.82 Å². The van der Waals surface area contributed by atoms with Crippen LogP contribution in [-0.2, 0) is 4.74 Å². The molecule has 0 aliphatic carbocycles. The van der Waals surface area contributed by atoms with Gasteiger partial charge in [-0.25, -0.2) is 4.98 Å². The third-order valence-electron chi connectivity index (χ3n) is 4.06. The minimum atomic E-state index is 0.230. The molecule has 0 saturated carbocycles. The van der Waals surface area contributed by atoms with Crippen molar-refractivity contribution in [3.63, 3.8) is 0 Å². The third kappa shape index (κ3) is 3.86. The van der Waals surface area contributed by atoms with Gasteiger partial charge in [0.1, 0.15) is 11.9 Å². The van der Waals surface area contributed by atoms with E-state index >= 15 is 0 Å². The van der Waals surface area contributed by atoms with Crippen molar-refractivity contribution < 1.29 is 4.74 Å². The maximum absolute atomic E-state index is 9.19. The van der Waals surface area contributed by atoms with Crippen molar-refractivity contribution in [2.45, 2.75) is 6.04 Å². The van der Waals surface area contributed by atoms with Gasteiger partial charge in [0.25, 0.3) is 0 Å². The molecule has 3 rings (SSSR count). The quantitative estimate of drug-likeness (QED) is 0.919. The standard InChI is InChI=1S/C18H20N4O/c19-13-16-7-4-8-20-18(16)21-14-17(15-5-2-1-3-6-15)22-9-11-23-12-10-22/h1-8,17H,9-12,14H2,(H,20,21)/t17-/m1/s1. The molecule has 5 heteroatoms. The number of morpholine rings is 1. The summed E-state index contributed by atoms with van der Waals surface area (Å²) in [6.07, 6.45) is 1.70. The molecule has 23 heavy (non-hydrogen) atoms. The normalized spacial score (nSPS) is 16.5. The summed E-state index contributed by atoms with van der Waals surface area (Å²) in [4.78, 5) is 6.70. The van der Waals surface area contributed by atoms with E-state index in [1.54, 1.807) is 18.3 Å². The molecule has 5 nitrogen and oxygen atoms in total. The van der Waals surface area contributed by atoms with Crippen LogP contribution in [0.25, 0.3) is 0 Å². The molecule has 1 saturated heterocycles. The molecular formula is C18H20N4O. The topological polar surface area (TPSA) is 61.2 Å². The number of nitrogens with one attached hydrogen (secondary N) is 1. The molecule has 118 valence electrons. The fourth-order valence-corrected chi connectivity index (χ4v) is 2.85. The summed E-state index contributed by atoms with van der Waals surface area (Å²) in [7, 11) is 0. The largest absolute Gasteiger partial charge is 0.379 e. The lowest BCUT2D eigenvalue weighted by Crippen LogP contribution is -2.41. The molecule has 1 atom stereocenters. The second-order valence-corrected chi connectivity index (χ2v) is 5.47. The second kappa shape index (κ2) is 7.73. The van der Waals surface area contributed by atoms with E-state index in [2.05, 4.69) is 45.5 Å². The number of nitrogens with zero attached hydrogens (tertiary/aromatic N) is 3. The Kier molecular flexibility index (Phi) is 5.20. The smallest absolute Gasteiger partial charge is 0.143 e. The Bertz CT molecular complexity index is 662. The van der Waals surface area contributed by atoms with E-state index in [1.165, 1.54) is 5.56 Å². The summed E-state index contributed by atoms with van der Waals surface area (Å²) < 4.78 is 5.47. The monoisotopic (exact) mass is 308 g/mol. The molecule has 1 aliphatic rings. The van der Waals surface area contributed by atoms with Crippen molar-refractivity contribution in [1.29, 1.82) is 5.26 Å². The average Bonchev–Trinajstić information content (AvgIpc) is 2.64. The minimum Gasteiger partial charge on any atom is -0.379 e. The average molecular weight is 308 g/mol. The van der Waals surface area contributed by atoms with E-state index in [0.717, 1.165) is 26.3 Å². The van der Waals surface area contributed by atoms with Gasteiger partial charge in [0, 0.05) is 25.8 Å². The SMILES string of the molecule is N#Cc1cccnc1NC[C@H](c1ccccc1)N1CCOCC1. The first kappa shape index (κ1) is 15.5. The number of benzene rings is 1. The summed E-state index contributed by atoms with van der Waals surface area (Å²) >= 11 is 0. The molecule has 0 spiro atoms. The van der Waals surface area contributed by atoms with Crippen molar-refractivity contribution in [3.05, 3.63) is 59.8 Å². The highest BCUT2D eigenvalue weighted by molar-refractivity contribution is 5.51. The summed E-state index contributed by atoms with van der Waals surface area (Å²) in [5, 5.41) is 12.5. The summed E-state index contributed by atoms with van der Waals surface area (Å²) in [5.74, 6) is 0.643. The van der Waals surface area contributed by atoms with Gasteiger partial charge >= 0.3 is 0 Å². The molecule has 0 amide bonds. The van der Waals surface area contributed by atoms with Crippen LogP contribution < -0.4 is 5.32 Å². The molecular weight excluding hydrogens is 288 g/mol.